The Morgan fingerprint density at radius 2 is 1.47 bits per heavy atom. The highest BCUT2D eigenvalue weighted by Gasteiger charge is 2.36. The SMILES string of the molecule is CCCCCCCCCCCC(N)C(C)(O)C(=O)O. The van der Waals surface area contributed by atoms with Gasteiger partial charge in [-0.3, -0.25) is 0 Å². The van der Waals surface area contributed by atoms with Crippen molar-refractivity contribution in [3.63, 3.8) is 0 Å². The zero-order chi connectivity index (χ0) is 14.7. The Balaban J connectivity index is 3.47. The standard InChI is InChI=1S/C15H31NO3/c1-3-4-5-6-7-8-9-10-11-12-13(16)15(2,19)14(17)18/h13,19H,3-12,16H2,1-2H3,(H,17,18). The summed E-state index contributed by atoms with van der Waals surface area (Å²) in [4.78, 5) is 10.8. The van der Waals surface area contributed by atoms with Crippen LogP contribution in [0.15, 0.2) is 0 Å². The van der Waals surface area contributed by atoms with Crippen molar-refractivity contribution in [3.05, 3.63) is 0 Å². The number of aliphatic hydroxyl groups is 1. The molecule has 0 saturated heterocycles. The molecule has 0 aromatic rings. The average Bonchev–Trinajstić information content (AvgIpc) is 2.36. The van der Waals surface area contributed by atoms with Gasteiger partial charge >= 0.3 is 5.97 Å². The normalized spacial score (nSPS) is 16.0. The van der Waals surface area contributed by atoms with Crippen LogP contribution in [0.3, 0.4) is 0 Å². The van der Waals surface area contributed by atoms with Crippen LogP contribution in [0.2, 0.25) is 0 Å². The summed E-state index contributed by atoms with van der Waals surface area (Å²) in [5.74, 6) is -1.24. The Morgan fingerprint density at radius 3 is 1.89 bits per heavy atom. The third kappa shape index (κ3) is 8.22. The van der Waals surface area contributed by atoms with Crippen LogP contribution in [0.5, 0.6) is 0 Å². The molecule has 2 unspecified atom stereocenters. The molecule has 4 nitrogen and oxygen atoms in total. The Morgan fingerprint density at radius 1 is 1.05 bits per heavy atom. The maximum Gasteiger partial charge on any atom is 0.337 e. The van der Waals surface area contributed by atoms with Gasteiger partial charge in [-0.1, -0.05) is 64.7 Å². The zero-order valence-corrected chi connectivity index (χ0v) is 12.5. The van der Waals surface area contributed by atoms with Gasteiger partial charge in [-0.2, -0.15) is 0 Å². The molecule has 0 bridgehead atoms. The summed E-state index contributed by atoms with van der Waals surface area (Å²) in [6.45, 7) is 3.49. The lowest BCUT2D eigenvalue weighted by Gasteiger charge is -2.25. The Bertz CT molecular complexity index is 242. The maximum absolute atomic E-state index is 10.8. The van der Waals surface area contributed by atoms with Gasteiger partial charge in [-0.15, -0.1) is 0 Å². The number of unbranched alkanes of at least 4 members (excludes halogenated alkanes) is 8. The number of carboxylic acids is 1. The molecule has 0 saturated carbocycles. The number of hydrogen-bond donors (Lipinski definition) is 3. The van der Waals surface area contributed by atoms with Crippen molar-refractivity contribution in [2.24, 2.45) is 5.73 Å². The summed E-state index contributed by atoms with van der Waals surface area (Å²) in [6, 6.07) is -0.686. The van der Waals surface area contributed by atoms with Gasteiger partial charge in [0.15, 0.2) is 5.60 Å². The van der Waals surface area contributed by atoms with E-state index < -0.39 is 17.6 Å². The van der Waals surface area contributed by atoms with Gasteiger partial charge in [0.25, 0.3) is 0 Å². The van der Waals surface area contributed by atoms with E-state index in [9.17, 15) is 9.90 Å². The molecule has 19 heavy (non-hydrogen) atoms. The topological polar surface area (TPSA) is 83.5 Å². The Kier molecular flexibility index (Phi) is 9.88. The highest BCUT2D eigenvalue weighted by atomic mass is 16.4. The van der Waals surface area contributed by atoms with E-state index in [4.69, 9.17) is 10.8 Å². The summed E-state index contributed by atoms with van der Waals surface area (Å²) in [7, 11) is 0. The second kappa shape index (κ2) is 10.2. The van der Waals surface area contributed by atoms with Crippen LogP contribution in [0.1, 0.15) is 78.1 Å². The fraction of sp³-hybridized carbons (Fsp3) is 0.933. The monoisotopic (exact) mass is 273 g/mol. The summed E-state index contributed by atoms with van der Waals surface area (Å²) in [5.41, 5.74) is 3.91. The van der Waals surface area contributed by atoms with Gasteiger partial charge in [0.2, 0.25) is 0 Å². The highest BCUT2D eigenvalue weighted by Crippen LogP contribution is 2.16. The van der Waals surface area contributed by atoms with E-state index in [2.05, 4.69) is 6.92 Å². The van der Waals surface area contributed by atoms with Crippen LogP contribution in [-0.4, -0.2) is 27.8 Å². The predicted octanol–water partition coefficient (Wildman–Crippen LogP) is 3.07. The molecule has 0 heterocycles. The van der Waals surface area contributed by atoms with Crippen molar-refractivity contribution in [2.45, 2.75) is 89.7 Å². The molecule has 4 heteroatoms. The third-order valence-corrected chi connectivity index (χ3v) is 3.77. The highest BCUT2D eigenvalue weighted by molar-refractivity contribution is 5.77. The number of carbonyl (C=O) groups is 1. The minimum absolute atomic E-state index is 0.565. The second-order valence-electron chi connectivity index (χ2n) is 5.68. The third-order valence-electron chi connectivity index (χ3n) is 3.77. The number of nitrogens with two attached hydrogens (primary N) is 1. The summed E-state index contributed by atoms with van der Waals surface area (Å²) in [5, 5.41) is 18.5. The fourth-order valence-electron chi connectivity index (χ4n) is 2.11. The molecule has 0 fully saturated rings. The first kappa shape index (κ1) is 18.4. The minimum atomic E-state index is -1.81. The number of carboxylic acid groups (broad SMARTS) is 1. The molecule has 0 spiro atoms. The Hall–Kier alpha value is -0.610. The average molecular weight is 273 g/mol. The molecule has 4 N–H and O–H groups in total. The van der Waals surface area contributed by atoms with E-state index in [0.717, 1.165) is 12.8 Å². The molecule has 114 valence electrons. The van der Waals surface area contributed by atoms with Crippen LogP contribution in [-0.2, 0) is 4.79 Å². The lowest BCUT2D eigenvalue weighted by molar-refractivity contribution is -0.158. The quantitative estimate of drug-likeness (QED) is 0.477. The van der Waals surface area contributed by atoms with Gasteiger partial charge < -0.3 is 15.9 Å². The van der Waals surface area contributed by atoms with E-state index >= 15 is 0 Å². The van der Waals surface area contributed by atoms with Gasteiger partial charge in [0.1, 0.15) is 0 Å². The predicted molar refractivity (Wildman–Crippen MR) is 78.1 cm³/mol. The number of hydrogen-bond acceptors (Lipinski definition) is 3. The molecule has 0 radical (unpaired) electrons. The Labute approximate surface area is 117 Å². The van der Waals surface area contributed by atoms with Crippen molar-refractivity contribution in [1.82, 2.24) is 0 Å². The first-order valence-electron chi connectivity index (χ1n) is 7.64. The van der Waals surface area contributed by atoms with Crippen molar-refractivity contribution < 1.29 is 15.0 Å². The van der Waals surface area contributed by atoms with Crippen LogP contribution in [0.25, 0.3) is 0 Å². The van der Waals surface area contributed by atoms with E-state index in [1.165, 1.54) is 51.9 Å². The summed E-state index contributed by atoms with van der Waals surface area (Å²) < 4.78 is 0. The lowest BCUT2D eigenvalue weighted by atomic mass is 9.92. The second-order valence-corrected chi connectivity index (χ2v) is 5.68. The fourth-order valence-corrected chi connectivity index (χ4v) is 2.11. The van der Waals surface area contributed by atoms with Gasteiger partial charge in [0.05, 0.1) is 0 Å². The maximum atomic E-state index is 10.8. The van der Waals surface area contributed by atoms with Gasteiger partial charge in [-0.05, 0) is 13.3 Å². The van der Waals surface area contributed by atoms with Crippen LogP contribution < -0.4 is 5.73 Å². The molecular weight excluding hydrogens is 242 g/mol. The van der Waals surface area contributed by atoms with Crippen LogP contribution >= 0.6 is 0 Å². The molecule has 2 atom stereocenters. The van der Waals surface area contributed by atoms with E-state index in [0.29, 0.717) is 6.42 Å². The van der Waals surface area contributed by atoms with E-state index in [1.54, 1.807) is 0 Å². The van der Waals surface area contributed by atoms with Crippen LogP contribution in [0, 0.1) is 0 Å². The molecule has 0 amide bonds. The number of aliphatic carboxylic acids is 1. The smallest absolute Gasteiger partial charge is 0.337 e. The van der Waals surface area contributed by atoms with Gasteiger partial charge in [0, 0.05) is 6.04 Å². The molecule has 0 aliphatic carbocycles. The molecule has 0 aromatic heterocycles. The zero-order valence-electron chi connectivity index (χ0n) is 12.5. The first-order valence-corrected chi connectivity index (χ1v) is 7.64. The number of rotatable bonds is 12. The largest absolute Gasteiger partial charge is 0.479 e. The molecule has 0 aromatic carbocycles. The van der Waals surface area contributed by atoms with Crippen LogP contribution in [0.4, 0.5) is 0 Å². The van der Waals surface area contributed by atoms with Crippen molar-refractivity contribution >= 4 is 5.97 Å². The lowest BCUT2D eigenvalue weighted by Crippen LogP contribution is -2.51. The van der Waals surface area contributed by atoms with E-state index in [-0.39, 0.29) is 0 Å². The van der Waals surface area contributed by atoms with Crippen molar-refractivity contribution in [2.75, 3.05) is 0 Å². The summed E-state index contributed by atoms with van der Waals surface area (Å²) >= 11 is 0. The molecule has 0 aliphatic rings. The van der Waals surface area contributed by atoms with Crippen molar-refractivity contribution in [3.8, 4) is 0 Å². The molecule has 0 aliphatic heterocycles. The minimum Gasteiger partial charge on any atom is -0.479 e. The molecule has 0 rings (SSSR count). The van der Waals surface area contributed by atoms with Gasteiger partial charge in [-0.25, -0.2) is 4.79 Å². The summed E-state index contributed by atoms with van der Waals surface area (Å²) in [6.07, 6.45) is 11.5. The molecular formula is C15H31NO3. The van der Waals surface area contributed by atoms with Crippen molar-refractivity contribution in [1.29, 1.82) is 0 Å². The van der Waals surface area contributed by atoms with E-state index in [1.807, 2.05) is 0 Å². The first-order chi connectivity index (χ1) is 8.92.